The summed E-state index contributed by atoms with van der Waals surface area (Å²) in [6.45, 7) is 1.86. The number of ether oxygens (including phenoxy) is 1. The van der Waals surface area contributed by atoms with E-state index in [0.29, 0.717) is 13.0 Å². The van der Waals surface area contributed by atoms with E-state index in [1.54, 1.807) is 14.1 Å². The molecule has 0 saturated carbocycles. The van der Waals surface area contributed by atoms with E-state index >= 15 is 0 Å². The molecule has 2 N–H and O–H groups in total. The summed E-state index contributed by atoms with van der Waals surface area (Å²) in [4.78, 5) is 23.8. The molecule has 1 amide bonds. The van der Waals surface area contributed by atoms with Gasteiger partial charge in [0, 0.05) is 27.8 Å². The summed E-state index contributed by atoms with van der Waals surface area (Å²) in [6.07, 6.45) is 0.305. The standard InChI is InChI=1S/C10H20N2O4/c1-10(9(14)15,5-6-16-4)11-7-8(13)12(2)3/h11H,5-7H2,1-4H3,(H,14,15). The van der Waals surface area contributed by atoms with Crippen LogP contribution in [0.15, 0.2) is 0 Å². The van der Waals surface area contributed by atoms with Crippen molar-refractivity contribution in [2.45, 2.75) is 18.9 Å². The maximum atomic E-state index is 11.3. The highest BCUT2D eigenvalue weighted by Gasteiger charge is 2.32. The van der Waals surface area contributed by atoms with Crippen molar-refractivity contribution in [3.63, 3.8) is 0 Å². The Kier molecular flexibility index (Phi) is 5.98. The van der Waals surface area contributed by atoms with E-state index in [9.17, 15) is 9.59 Å². The van der Waals surface area contributed by atoms with Crippen LogP contribution in [0.3, 0.4) is 0 Å². The molecule has 1 atom stereocenters. The van der Waals surface area contributed by atoms with Gasteiger partial charge < -0.3 is 14.7 Å². The van der Waals surface area contributed by atoms with Gasteiger partial charge in [0.1, 0.15) is 5.54 Å². The molecule has 1 unspecified atom stereocenters. The van der Waals surface area contributed by atoms with Crippen molar-refractivity contribution in [2.75, 3.05) is 34.4 Å². The summed E-state index contributed by atoms with van der Waals surface area (Å²) in [5, 5.41) is 11.8. The van der Waals surface area contributed by atoms with Crippen molar-refractivity contribution in [2.24, 2.45) is 0 Å². The third kappa shape index (κ3) is 4.59. The molecule has 0 aliphatic heterocycles. The number of nitrogens with one attached hydrogen (secondary N) is 1. The fraction of sp³-hybridized carbons (Fsp3) is 0.800. The van der Waals surface area contributed by atoms with Crippen LogP contribution in [0.2, 0.25) is 0 Å². The van der Waals surface area contributed by atoms with E-state index in [0.717, 1.165) is 0 Å². The monoisotopic (exact) mass is 232 g/mol. The number of rotatable bonds is 7. The molecule has 6 heteroatoms. The first-order chi connectivity index (χ1) is 7.33. The highest BCUT2D eigenvalue weighted by molar-refractivity contribution is 5.81. The molecule has 0 aromatic carbocycles. The summed E-state index contributed by atoms with van der Waals surface area (Å²) in [5.41, 5.74) is -1.14. The normalized spacial score (nSPS) is 14.2. The van der Waals surface area contributed by atoms with Crippen LogP contribution in [0, 0.1) is 0 Å². The molecule has 0 spiro atoms. The van der Waals surface area contributed by atoms with Crippen molar-refractivity contribution >= 4 is 11.9 Å². The minimum Gasteiger partial charge on any atom is -0.480 e. The summed E-state index contributed by atoms with van der Waals surface area (Å²) >= 11 is 0. The zero-order chi connectivity index (χ0) is 12.8. The molecule has 6 nitrogen and oxygen atoms in total. The van der Waals surface area contributed by atoms with E-state index in [-0.39, 0.29) is 12.5 Å². The van der Waals surface area contributed by atoms with Gasteiger partial charge in [-0.1, -0.05) is 0 Å². The number of carboxylic acid groups (broad SMARTS) is 1. The Morgan fingerprint density at radius 2 is 2.00 bits per heavy atom. The smallest absolute Gasteiger partial charge is 0.323 e. The first-order valence-electron chi connectivity index (χ1n) is 5.01. The molecule has 0 fully saturated rings. The average Bonchev–Trinajstić information content (AvgIpc) is 2.22. The molecule has 0 aliphatic carbocycles. The molecule has 16 heavy (non-hydrogen) atoms. The van der Waals surface area contributed by atoms with Crippen molar-refractivity contribution in [3.8, 4) is 0 Å². The van der Waals surface area contributed by atoms with Gasteiger partial charge in [0.15, 0.2) is 0 Å². The summed E-state index contributed by atoms with van der Waals surface area (Å²) in [7, 11) is 4.75. The third-order valence-corrected chi connectivity index (χ3v) is 2.41. The Hall–Kier alpha value is -1.14. The number of methoxy groups -OCH3 is 1. The fourth-order valence-corrected chi connectivity index (χ4v) is 1.01. The summed E-state index contributed by atoms with van der Waals surface area (Å²) in [6, 6.07) is 0. The molecular formula is C10H20N2O4. The summed E-state index contributed by atoms with van der Waals surface area (Å²) < 4.78 is 4.84. The maximum Gasteiger partial charge on any atom is 0.323 e. The Bertz CT molecular complexity index is 255. The lowest BCUT2D eigenvalue weighted by atomic mass is 9.98. The van der Waals surface area contributed by atoms with E-state index < -0.39 is 11.5 Å². The lowest BCUT2D eigenvalue weighted by molar-refractivity contribution is -0.145. The first-order valence-corrected chi connectivity index (χ1v) is 5.01. The minimum absolute atomic E-state index is 0.000482. The molecular weight excluding hydrogens is 212 g/mol. The highest BCUT2D eigenvalue weighted by atomic mass is 16.5. The molecule has 0 rings (SSSR count). The number of carbonyl (C=O) groups is 2. The van der Waals surface area contributed by atoms with Crippen LogP contribution in [0.5, 0.6) is 0 Å². The number of nitrogens with zero attached hydrogens (tertiary/aromatic N) is 1. The summed E-state index contributed by atoms with van der Waals surface area (Å²) in [5.74, 6) is -1.15. The van der Waals surface area contributed by atoms with Gasteiger partial charge in [-0.2, -0.15) is 0 Å². The Morgan fingerprint density at radius 3 is 2.38 bits per heavy atom. The zero-order valence-corrected chi connectivity index (χ0v) is 10.2. The van der Waals surface area contributed by atoms with E-state index in [1.807, 2.05) is 0 Å². The number of hydrogen-bond acceptors (Lipinski definition) is 4. The average molecular weight is 232 g/mol. The fourth-order valence-electron chi connectivity index (χ4n) is 1.01. The number of aliphatic carboxylic acids is 1. The van der Waals surface area contributed by atoms with E-state index in [4.69, 9.17) is 9.84 Å². The maximum absolute atomic E-state index is 11.3. The first kappa shape index (κ1) is 14.9. The zero-order valence-electron chi connectivity index (χ0n) is 10.2. The Labute approximate surface area is 95.6 Å². The van der Waals surface area contributed by atoms with Crippen molar-refractivity contribution in [1.29, 1.82) is 0 Å². The number of carboxylic acids is 1. The van der Waals surface area contributed by atoms with Gasteiger partial charge in [-0.3, -0.25) is 14.9 Å². The van der Waals surface area contributed by atoms with Crippen LogP contribution in [0.1, 0.15) is 13.3 Å². The van der Waals surface area contributed by atoms with Gasteiger partial charge >= 0.3 is 5.97 Å². The number of likely N-dealkylation sites (N-methyl/N-ethyl adjacent to an activating group) is 1. The molecule has 94 valence electrons. The van der Waals surface area contributed by atoms with Crippen LogP contribution in [0.25, 0.3) is 0 Å². The van der Waals surface area contributed by atoms with Gasteiger partial charge in [0.2, 0.25) is 5.91 Å². The molecule has 0 aromatic rings. The van der Waals surface area contributed by atoms with Crippen LogP contribution < -0.4 is 5.32 Å². The Morgan fingerprint density at radius 1 is 1.44 bits per heavy atom. The molecule has 0 aliphatic rings. The highest BCUT2D eigenvalue weighted by Crippen LogP contribution is 2.09. The second-order valence-corrected chi connectivity index (χ2v) is 4.02. The predicted octanol–water partition coefficient (Wildman–Crippen LogP) is -0.456. The number of hydrogen-bond donors (Lipinski definition) is 2. The largest absolute Gasteiger partial charge is 0.480 e. The van der Waals surface area contributed by atoms with Crippen molar-refractivity contribution in [1.82, 2.24) is 10.2 Å². The van der Waals surface area contributed by atoms with Crippen molar-refractivity contribution < 1.29 is 19.4 Å². The minimum atomic E-state index is -1.14. The molecule has 0 aromatic heterocycles. The van der Waals surface area contributed by atoms with Crippen molar-refractivity contribution in [3.05, 3.63) is 0 Å². The molecule has 0 radical (unpaired) electrons. The quantitative estimate of drug-likeness (QED) is 0.621. The molecule has 0 saturated heterocycles. The SMILES string of the molecule is COCCC(C)(NCC(=O)N(C)C)C(=O)O. The van der Waals surface area contributed by atoms with Gasteiger partial charge in [0.25, 0.3) is 0 Å². The molecule has 0 bridgehead atoms. The van der Waals surface area contributed by atoms with Gasteiger partial charge in [0.05, 0.1) is 6.54 Å². The molecule has 0 heterocycles. The lowest BCUT2D eigenvalue weighted by Crippen LogP contribution is -2.53. The predicted molar refractivity (Wildman–Crippen MR) is 59.2 cm³/mol. The Balaban J connectivity index is 4.33. The van der Waals surface area contributed by atoms with Crippen LogP contribution in [-0.4, -0.2) is 61.8 Å². The van der Waals surface area contributed by atoms with Gasteiger partial charge in [-0.15, -0.1) is 0 Å². The number of carbonyl (C=O) groups excluding carboxylic acids is 1. The third-order valence-electron chi connectivity index (χ3n) is 2.41. The van der Waals surface area contributed by atoms with Crippen LogP contribution in [-0.2, 0) is 14.3 Å². The number of amides is 1. The second-order valence-electron chi connectivity index (χ2n) is 4.02. The van der Waals surface area contributed by atoms with E-state index in [1.165, 1.54) is 18.9 Å². The van der Waals surface area contributed by atoms with Crippen LogP contribution >= 0.6 is 0 Å². The van der Waals surface area contributed by atoms with Gasteiger partial charge in [-0.05, 0) is 13.3 Å². The van der Waals surface area contributed by atoms with E-state index in [2.05, 4.69) is 5.32 Å². The second kappa shape index (κ2) is 6.44. The lowest BCUT2D eigenvalue weighted by Gasteiger charge is -2.26. The van der Waals surface area contributed by atoms with Crippen LogP contribution in [0.4, 0.5) is 0 Å². The van der Waals surface area contributed by atoms with Gasteiger partial charge in [-0.25, -0.2) is 0 Å². The topological polar surface area (TPSA) is 78.9 Å².